The highest BCUT2D eigenvalue weighted by Gasteiger charge is 2.30. The molecule has 0 radical (unpaired) electrons. The van der Waals surface area contributed by atoms with Crippen LogP contribution >= 0.6 is 0 Å². The van der Waals surface area contributed by atoms with E-state index in [0.717, 1.165) is 10.5 Å². The second-order valence-corrected chi connectivity index (χ2v) is 7.73. The van der Waals surface area contributed by atoms with Crippen molar-refractivity contribution in [1.29, 1.82) is 0 Å². The number of rotatable bonds is 6. The summed E-state index contributed by atoms with van der Waals surface area (Å²) < 4.78 is 11.1. The fourth-order valence-corrected chi connectivity index (χ4v) is 2.93. The van der Waals surface area contributed by atoms with E-state index in [-0.39, 0.29) is 0 Å². The van der Waals surface area contributed by atoms with Gasteiger partial charge in [-0.25, -0.2) is 0 Å². The Morgan fingerprint density at radius 3 is 2.17 bits per heavy atom. The van der Waals surface area contributed by atoms with Crippen molar-refractivity contribution >= 4 is 17.7 Å². The number of hydrogen-bond acceptors (Lipinski definition) is 5. The van der Waals surface area contributed by atoms with Gasteiger partial charge in [0.25, 0.3) is 0 Å². The van der Waals surface area contributed by atoms with E-state index >= 15 is 0 Å². The number of aryl methyl sites for hydroxylation is 1. The Hall–Kier alpha value is -3.22. The van der Waals surface area contributed by atoms with Crippen LogP contribution in [-0.2, 0) is 4.79 Å². The standard InChI is InChI=1S/C22H28N2O5/c1-14-7-10-18(28-6)13-19(14)29-17-11-8-16(9-12-17)23-20(25)15(2)24(21(26)27)22(3,4)5/h7-13,15H,1-6H3,(H,23,25)(H,26,27)/p-1/t15-/m1/s1. The maximum absolute atomic E-state index is 12.5. The first-order valence-corrected chi connectivity index (χ1v) is 9.26. The van der Waals surface area contributed by atoms with Crippen LogP contribution in [0.3, 0.4) is 0 Å². The predicted molar refractivity (Wildman–Crippen MR) is 109 cm³/mol. The molecule has 0 bridgehead atoms. The fraction of sp³-hybridized carbons (Fsp3) is 0.364. The van der Waals surface area contributed by atoms with Gasteiger partial charge in [-0.15, -0.1) is 0 Å². The van der Waals surface area contributed by atoms with Crippen molar-refractivity contribution in [2.75, 3.05) is 12.4 Å². The van der Waals surface area contributed by atoms with Gasteiger partial charge in [0, 0.05) is 17.3 Å². The molecule has 2 amide bonds. The van der Waals surface area contributed by atoms with Crippen LogP contribution in [0.25, 0.3) is 0 Å². The van der Waals surface area contributed by atoms with Gasteiger partial charge in [0.05, 0.1) is 7.11 Å². The molecule has 0 aliphatic heterocycles. The summed E-state index contributed by atoms with van der Waals surface area (Å²) in [6.07, 6.45) is -1.39. The molecule has 0 aliphatic carbocycles. The lowest BCUT2D eigenvalue weighted by Gasteiger charge is -2.41. The van der Waals surface area contributed by atoms with E-state index in [1.807, 2.05) is 19.1 Å². The van der Waals surface area contributed by atoms with Crippen LogP contribution < -0.4 is 19.9 Å². The number of ether oxygens (including phenoxy) is 2. The van der Waals surface area contributed by atoms with Crippen LogP contribution in [0.1, 0.15) is 33.3 Å². The maximum Gasteiger partial charge on any atom is 0.246 e. The van der Waals surface area contributed by atoms with Crippen LogP contribution in [-0.4, -0.2) is 35.6 Å². The Morgan fingerprint density at radius 2 is 1.66 bits per heavy atom. The highest BCUT2D eigenvalue weighted by atomic mass is 16.5. The van der Waals surface area contributed by atoms with E-state index in [1.165, 1.54) is 6.92 Å². The normalized spacial score (nSPS) is 12.1. The topological polar surface area (TPSA) is 90.9 Å². The summed E-state index contributed by atoms with van der Waals surface area (Å²) in [5.41, 5.74) is 0.729. The molecule has 29 heavy (non-hydrogen) atoms. The van der Waals surface area contributed by atoms with Gasteiger partial charge in [0.1, 0.15) is 29.4 Å². The molecule has 0 spiro atoms. The van der Waals surface area contributed by atoms with Crippen molar-refractivity contribution in [3.63, 3.8) is 0 Å². The molecule has 0 aliphatic rings. The lowest BCUT2D eigenvalue weighted by Crippen LogP contribution is -2.58. The first-order valence-electron chi connectivity index (χ1n) is 9.26. The Balaban J connectivity index is 2.09. The molecule has 2 aromatic rings. The zero-order valence-corrected chi connectivity index (χ0v) is 17.6. The van der Waals surface area contributed by atoms with Gasteiger partial charge >= 0.3 is 0 Å². The third-order valence-corrected chi connectivity index (χ3v) is 4.43. The van der Waals surface area contributed by atoms with E-state index in [9.17, 15) is 14.7 Å². The van der Waals surface area contributed by atoms with Crippen LogP contribution in [0, 0.1) is 6.92 Å². The largest absolute Gasteiger partial charge is 0.530 e. The minimum atomic E-state index is -1.39. The van der Waals surface area contributed by atoms with E-state index in [2.05, 4.69) is 5.32 Å². The molecular formula is C22H27N2O5-. The van der Waals surface area contributed by atoms with Gasteiger partial charge < -0.3 is 29.6 Å². The summed E-state index contributed by atoms with van der Waals surface area (Å²) in [5, 5.41) is 14.2. The smallest absolute Gasteiger partial charge is 0.246 e. The monoisotopic (exact) mass is 399 g/mol. The van der Waals surface area contributed by atoms with Crippen LogP contribution in [0.4, 0.5) is 10.5 Å². The predicted octanol–water partition coefficient (Wildman–Crippen LogP) is 3.57. The second-order valence-electron chi connectivity index (χ2n) is 7.73. The van der Waals surface area contributed by atoms with Gasteiger partial charge in [0.2, 0.25) is 5.91 Å². The molecule has 0 saturated heterocycles. The number of carbonyl (C=O) groups is 2. The number of amides is 2. The molecule has 1 atom stereocenters. The Bertz CT molecular complexity index is 872. The SMILES string of the molecule is COc1ccc(C)c(Oc2ccc(NC(=O)[C@@H](C)N(C(=O)[O-])C(C)(C)C)cc2)c1. The summed E-state index contributed by atoms with van der Waals surface area (Å²) in [6, 6.07) is 11.5. The number of carboxylic acid groups (broad SMARTS) is 1. The van der Waals surface area contributed by atoms with Crippen LogP contribution in [0.2, 0.25) is 0 Å². The molecule has 2 rings (SSSR count). The molecule has 0 fully saturated rings. The molecule has 0 unspecified atom stereocenters. The van der Waals surface area contributed by atoms with E-state index in [1.54, 1.807) is 58.2 Å². The van der Waals surface area contributed by atoms with Crippen LogP contribution in [0.5, 0.6) is 17.2 Å². The van der Waals surface area contributed by atoms with Gasteiger partial charge in [-0.3, -0.25) is 4.79 Å². The highest BCUT2D eigenvalue weighted by Crippen LogP contribution is 2.29. The van der Waals surface area contributed by atoms with Gasteiger partial charge in [0.15, 0.2) is 0 Å². The minimum absolute atomic E-state index is 0.443. The number of carbonyl (C=O) groups excluding carboxylic acids is 2. The molecule has 156 valence electrons. The molecule has 0 heterocycles. The third kappa shape index (κ3) is 5.63. The summed E-state index contributed by atoms with van der Waals surface area (Å²) in [6.45, 7) is 8.58. The first kappa shape index (κ1) is 22.1. The lowest BCUT2D eigenvalue weighted by atomic mass is 10.0. The minimum Gasteiger partial charge on any atom is -0.530 e. The molecule has 7 heteroatoms. The van der Waals surface area contributed by atoms with Crippen LogP contribution in [0.15, 0.2) is 42.5 Å². The fourth-order valence-electron chi connectivity index (χ4n) is 2.93. The Morgan fingerprint density at radius 1 is 1.07 bits per heavy atom. The molecule has 1 N–H and O–H groups in total. The average molecular weight is 399 g/mol. The summed E-state index contributed by atoms with van der Waals surface area (Å²) in [4.78, 5) is 25.0. The number of nitrogens with one attached hydrogen (secondary N) is 1. The van der Waals surface area contributed by atoms with Crippen molar-refractivity contribution in [2.45, 2.75) is 46.2 Å². The van der Waals surface area contributed by atoms with E-state index < -0.39 is 23.6 Å². The van der Waals surface area contributed by atoms with Crippen molar-refractivity contribution in [1.82, 2.24) is 4.90 Å². The number of nitrogens with zero attached hydrogens (tertiary/aromatic N) is 1. The number of benzene rings is 2. The van der Waals surface area contributed by atoms with Crippen molar-refractivity contribution in [2.24, 2.45) is 0 Å². The summed E-state index contributed by atoms with van der Waals surface area (Å²) in [5.74, 6) is 1.52. The number of hydrogen-bond donors (Lipinski definition) is 1. The molecule has 2 aromatic carbocycles. The van der Waals surface area contributed by atoms with Gasteiger partial charge in [-0.1, -0.05) is 6.07 Å². The number of anilines is 1. The van der Waals surface area contributed by atoms with Crippen molar-refractivity contribution < 1.29 is 24.2 Å². The average Bonchev–Trinajstić information content (AvgIpc) is 2.63. The highest BCUT2D eigenvalue weighted by molar-refractivity contribution is 5.96. The Labute approximate surface area is 171 Å². The first-order chi connectivity index (χ1) is 13.5. The summed E-state index contributed by atoms with van der Waals surface area (Å²) >= 11 is 0. The lowest BCUT2D eigenvalue weighted by molar-refractivity contribution is -0.272. The van der Waals surface area contributed by atoms with Gasteiger partial charge in [-0.2, -0.15) is 0 Å². The van der Waals surface area contributed by atoms with E-state index in [4.69, 9.17) is 9.47 Å². The quantitative estimate of drug-likeness (QED) is 0.802. The molecule has 0 saturated carbocycles. The molecule has 7 nitrogen and oxygen atoms in total. The summed E-state index contributed by atoms with van der Waals surface area (Å²) in [7, 11) is 1.59. The zero-order chi connectivity index (χ0) is 21.8. The number of methoxy groups -OCH3 is 1. The molecule has 0 aromatic heterocycles. The third-order valence-electron chi connectivity index (χ3n) is 4.43. The van der Waals surface area contributed by atoms with Gasteiger partial charge in [-0.05, 0) is 70.5 Å². The van der Waals surface area contributed by atoms with Crippen molar-refractivity contribution in [3.8, 4) is 17.2 Å². The molecular weight excluding hydrogens is 372 g/mol. The van der Waals surface area contributed by atoms with E-state index in [0.29, 0.717) is 22.9 Å². The maximum atomic E-state index is 12.5. The zero-order valence-electron chi connectivity index (χ0n) is 17.6. The van der Waals surface area contributed by atoms with Crippen molar-refractivity contribution in [3.05, 3.63) is 48.0 Å². The Kier molecular flexibility index (Phi) is 6.74. The second kappa shape index (κ2) is 8.86.